The van der Waals surface area contributed by atoms with Crippen LogP contribution < -0.4 is 5.32 Å². The predicted molar refractivity (Wildman–Crippen MR) is 149 cm³/mol. The van der Waals surface area contributed by atoms with Crippen molar-refractivity contribution < 1.29 is 18.8 Å². The summed E-state index contributed by atoms with van der Waals surface area (Å²) in [7, 11) is 0. The number of anilines is 1. The molecular formula is C28H32N4O4S2. The van der Waals surface area contributed by atoms with Crippen LogP contribution in [0.2, 0.25) is 0 Å². The van der Waals surface area contributed by atoms with Crippen LogP contribution in [0, 0.1) is 5.92 Å². The van der Waals surface area contributed by atoms with Gasteiger partial charge in [0.1, 0.15) is 5.76 Å². The number of benzene rings is 1. The molecule has 1 aliphatic heterocycles. The molecule has 10 heteroatoms. The molecule has 1 N–H and O–H groups in total. The van der Waals surface area contributed by atoms with Gasteiger partial charge in [0.2, 0.25) is 11.8 Å². The summed E-state index contributed by atoms with van der Waals surface area (Å²) >= 11 is 3.00. The maximum atomic E-state index is 12.9. The van der Waals surface area contributed by atoms with Crippen LogP contribution >= 0.6 is 23.1 Å². The third-order valence-corrected chi connectivity index (χ3v) is 8.40. The first-order valence-electron chi connectivity index (χ1n) is 12.5. The molecule has 3 heterocycles. The van der Waals surface area contributed by atoms with E-state index in [4.69, 9.17) is 4.42 Å². The van der Waals surface area contributed by atoms with E-state index in [2.05, 4.69) is 42.6 Å². The molecule has 2 aromatic heterocycles. The van der Waals surface area contributed by atoms with Crippen molar-refractivity contribution >= 4 is 45.8 Å². The van der Waals surface area contributed by atoms with Crippen LogP contribution in [0.4, 0.5) is 5.13 Å². The second kappa shape index (κ2) is 12.1. The van der Waals surface area contributed by atoms with Crippen molar-refractivity contribution in [3.8, 4) is 0 Å². The summed E-state index contributed by atoms with van der Waals surface area (Å²) in [5.74, 6) is 1.75. The molecule has 1 saturated heterocycles. The zero-order valence-electron chi connectivity index (χ0n) is 21.9. The molecule has 0 saturated carbocycles. The van der Waals surface area contributed by atoms with E-state index < -0.39 is 0 Å². The highest BCUT2D eigenvalue weighted by molar-refractivity contribution is 8.00. The van der Waals surface area contributed by atoms with Gasteiger partial charge in [-0.2, -0.15) is 0 Å². The second-order valence-corrected chi connectivity index (χ2v) is 12.5. The lowest BCUT2D eigenvalue weighted by atomic mass is 9.94. The highest BCUT2D eigenvalue weighted by Gasteiger charge is 2.28. The first kappa shape index (κ1) is 27.8. The minimum absolute atomic E-state index is 0.0574. The molecule has 1 aromatic carbocycles. The number of nitrogens with one attached hydrogen (secondary N) is 1. The molecule has 1 aliphatic rings. The number of thioether (sulfide) groups is 1. The number of ketones is 1. The Balaban J connectivity index is 1.23. The topological polar surface area (TPSA) is 105 Å². The minimum atomic E-state index is -0.172. The van der Waals surface area contributed by atoms with Gasteiger partial charge in [0.05, 0.1) is 22.4 Å². The van der Waals surface area contributed by atoms with E-state index in [9.17, 15) is 14.4 Å². The molecule has 3 aromatic rings. The van der Waals surface area contributed by atoms with Gasteiger partial charge in [-0.1, -0.05) is 50.8 Å². The first-order chi connectivity index (χ1) is 18.1. The third kappa shape index (κ3) is 7.20. The first-order valence-corrected chi connectivity index (χ1v) is 14.3. The molecule has 0 radical (unpaired) electrons. The van der Waals surface area contributed by atoms with Crippen LogP contribution in [0.15, 0.2) is 57.9 Å². The Bertz CT molecular complexity index is 1300. The van der Waals surface area contributed by atoms with E-state index >= 15 is 0 Å². The zero-order chi connectivity index (χ0) is 27.3. The van der Waals surface area contributed by atoms with E-state index in [0.717, 1.165) is 15.5 Å². The molecule has 38 heavy (non-hydrogen) atoms. The Morgan fingerprint density at radius 2 is 1.87 bits per heavy atom. The summed E-state index contributed by atoms with van der Waals surface area (Å²) in [5.41, 5.74) is 1.34. The number of oxazole rings is 1. The lowest BCUT2D eigenvalue weighted by molar-refractivity contribution is -0.121. The summed E-state index contributed by atoms with van der Waals surface area (Å²) in [5, 5.41) is 3.50. The van der Waals surface area contributed by atoms with Crippen molar-refractivity contribution in [1.82, 2.24) is 14.9 Å². The lowest BCUT2D eigenvalue weighted by Crippen LogP contribution is -2.41. The van der Waals surface area contributed by atoms with Crippen LogP contribution in [-0.4, -0.2) is 45.6 Å². The number of nitrogens with zero attached hydrogens (tertiary/aromatic N) is 3. The van der Waals surface area contributed by atoms with E-state index in [1.54, 1.807) is 53.3 Å². The minimum Gasteiger partial charge on any atom is -0.444 e. The highest BCUT2D eigenvalue weighted by Crippen LogP contribution is 2.32. The smallest absolute Gasteiger partial charge is 0.253 e. The highest BCUT2D eigenvalue weighted by atomic mass is 32.2. The fraction of sp³-hybridized carbons (Fsp3) is 0.393. The molecular weight excluding hydrogens is 520 g/mol. The molecule has 0 aliphatic carbocycles. The van der Waals surface area contributed by atoms with Crippen molar-refractivity contribution in [1.29, 1.82) is 0 Å². The van der Waals surface area contributed by atoms with Crippen LogP contribution in [0.25, 0.3) is 0 Å². The van der Waals surface area contributed by atoms with Crippen LogP contribution in [-0.2, 0) is 27.2 Å². The number of hydrogen-bond acceptors (Lipinski definition) is 8. The number of rotatable bonds is 9. The molecule has 0 spiro atoms. The van der Waals surface area contributed by atoms with Crippen LogP contribution in [0.1, 0.15) is 61.2 Å². The predicted octanol–water partition coefficient (Wildman–Crippen LogP) is 5.51. The van der Waals surface area contributed by atoms with Gasteiger partial charge in [-0.25, -0.2) is 9.97 Å². The fourth-order valence-electron chi connectivity index (χ4n) is 4.01. The molecule has 1 fully saturated rings. The van der Waals surface area contributed by atoms with Gasteiger partial charge in [-0.3, -0.25) is 14.4 Å². The van der Waals surface area contributed by atoms with Gasteiger partial charge in [0, 0.05) is 36.4 Å². The molecule has 0 unspecified atom stereocenters. The largest absolute Gasteiger partial charge is 0.444 e. The van der Waals surface area contributed by atoms with E-state index in [1.807, 2.05) is 0 Å². The average molecular weight is 553 g/mol. The van der Waals surface area contributed by atoms with E-state index in [0.29, 0.717) is 48.3 Å². The van der Waals surface area contributed by atoms with Crippen molar-refractivity contribution in [2.75, 3.05) is 18.4 Å². The summed E-state index contributed by atoms with van der Waals surface area (Å²) < 4.78 is 6.81. The van der Waals surface area contributed by atoms with Gasteiger partial charge >= 0.3 is 0 Å². The van der Waals surface area contributed by atoms with Gasteiger partial charge in [0.15, 0.2) is 10.9 Å². The van der Waals surface area contributed by atoms with Crippen LogP contribution in [0.5, 0.6) is 0 Å². The van der Waals surface area contributed by atoms with Gasteiger partial charge in [-0.05, 0) is 36.6 Å². The molecule has 4 rings (SSSR count). The van der Waals surface area contributed by atoms with Crippen molar-refractivity contribution in [3.05, 3.63) is 72.1 Å². The Labute approximate surface area is 230 Å². The van der Waals surface area contributed by atoms with Crippen molar-refractivity contribution in [2.45, 2.75) is 55.4 Å². The van der Waals surface area contributed by atoms with Gasteiger partial charge in [0.25, 0.3) is 5.91 Å². The fourth-order valence-corrected chi connectivity index (χ4v) is 5.74. The maximum Gasteiger partial charge on any atom is 0.253 e. The number of carbonyl (C=O) groups is 3. The lowest BCUT2D eigenvalue weighted by Gasteiger charge is -2.31. The average Bonchev–Trinajstić information content (AvgIpc) is 3.57. The van der Waals surface area contributed by atoms with Gasteiger partial charge < -0.3 is 14.6 Å². The zero-order valence-corrected chi connectivity index (χ0v) is 23.5. The van der Waals surface area contributed by atoms with E-state index in [-0.39, 0.29) is 35.4 Å². The number of thiazole rings is 1. The second-order valence-electron chi connectivity index (χ2n) is 10.2. The molecule has 2 amide bonds. The number of likely N-dealkylation sites (tertiary alicyclic amines) is 1. The summed E-state index contributed by atoms with van der Waals surface area (Å²) in [6, 6.07) is 7.08. The maximum absolute atomic E-state index is 12.9. The number of piperidine rings is 1. The molecule has 8 nitrogen and oxygen atoms in total. The molecule has 200 valence electrons. The van der Waals surface area contributed by atoms with Crippen molar-refractivity contribution in [3.63, 3.8) is 0 Å². The standard InChI is InChI=1S/C28H32N4O4S2/c1-5-21(33)14-18-6-8-20(9-7-18)26(35)32-12-10-19(11-13-32)25(34)31-27-30-16-24(38-27)37-17-23-29-15-22(36-23)28(2,3)4/h5-9,15-16,19H,1,10-14,17H2,2-4H3,(H,30,31,34). The van der Waals surface area contributed by atoms with Gasteiger partial charge in [-0.15, -0.1) is 11.8 Å². The summed E-state index contributed by atoms with van der Waals surface area (Å²) in [4.78, 5) is 47.7. The third-order valence-electron chi connectivity index (χ3n) is 6.31. The number of carbonyl (C=O) groups excluding carboxylic acids is 3. The Morgan fingerprint density at radius 1 is 1.16 bits per heavy atom. The monoisotopic (exact) mass is 552 g/mol. The number of allylic oxidation sites excluding steroid dienone is 1. The Morgan fingerprint density at radius 3 is 2.50 bits per heavy atom. The number of hydrogen-bond donors (Lipinski definition) is 1. The molecule has 0 atom stereocenters. The SMILES string of the molecule is C=CC(=O)Cc1ccc(C(=O)N2CCC(C(=O)Nc3ncc(SCc4ncc(C(C)(C)C)o4)s3)CC2)cc1. The van der Waals surface area contributed by atoms with Crippen LogP contribution in [0.3, 0.4) is 0 Å². The molecule has 0 bridgehead atoms. The summed E-state index contributed by atoms with van der Waals surface area (Å²) in [6.45, 7) is 10.8. The quantitative estimate of drug-likeness (QED) is 0.276. The number of aromatic nitrogens is 2. The summed E-state index contributed by atoms with van der Waals surface area (Å²) in [6.07, 6.45) is 6.29. The normalized spacial score (nSPS) is 14.3. The van der Waals surface area contributed by atoms with Crippen molar-refractivity contribution in [2.24, 2.45) is 5.92 Å². The Hall–Kier alpha value is -3.24. The Kier molecular flexibility index (Phi) is 8.83. The number of amides is 2. The van der Waals surface area contributed by atoms with E-state index in [1.165, 1.54) is 17.4 Å².